The molecule has 126 valence electrons. The Bertz CT molecular complexity index is 765. The zero-order chi connectivity index (χ0) is 17.7. The second-order valence-corrected chi connectivity index (χ2v) is 5.11. The fourth-order valence-corrected chi connectivity index (χ4v) is 2.13. The van der Waals surface area contributed by atoms with Crippen LogP contribution in [0.2, 0.25) is 0 Å². The summed E-state index contributed by atoms with van der Waals surface area (Å²) >= 11 is 0. The first-order valence-electron chi connectivity index (χ1n) is 7.14. The first-order chi connectivity index (χ1) is 11.4. The SMILES string of the molecule is CC(NC(=O)c1ccccc1OCC(N)=O)c1ccc(F)cc1F. The largest absolute Gasteiger partial charge is 0.483 e. The predicted octanol–water partition coefficient (Wildman–Crippen LogP) is 2.32. The maximum absolute atomic E-state index is 13.8. The molecular formula is C17H16F2N2O3. The van der Waals surface area contributed by atoms with Crippen LogP contribution in [0.3, 0.4) is 0 Å². The molecule has 2 aromatic carbocycles. The van der Waals surface area contributed by atoms with E-state index in [9.17, 15) is 18.4 Å². The third kappa shape index (κ3) is 4.28. The van der Waals surface area contributed by atoms with Gasteiger partial charge in [-0.2, -0.15) is 0 Å². The first kappa shape index (κ1) is 17.4. The molecule has 0 radical (unpaired) electrons. The number of primary amides is 1. The lowest BCUT2D eigenvalue weighted by Gasteiger charge is -2.16. The van der Waals surface area contributed by atoms with Gasteiger partial charge in [0.1, 0.15) is 17.4 Å². The molecule has 0 aromatic heterocycles. The first-order valence-corrected chi connectivity index (χ1v) is 7.14. The highest BCUT2D eigenvalue weighted by Gasteiger charge is 2.18. The molecule has 2 rings (SSSR count). The summed E-state index contributed by atoms with van der Waals surface area (Å²) in [4.78, 5) is 23.2. The maximum Gasteiger partial charge on any atom is 0.255 e. The maximum atomic E-state index is 13.8. The van der Waals surface area contributed by atoms with Gasteiger partial charge < -0.3 is 15.8 Å². The summed E-state index contributed by atoms with van der Waals surface area (Å²) in [5, 5.41) is 2.60. The lowest BCUT2D eigenvalue weighted by Crippen LogP contribution is -2.28. The molecule has 7 heteroatoms. The van der Waals surface area contributed by atoms with Gasteiger partial charge in [-0.25, -0.2) is 8.78 Å². The molecule has 5 nitrogen and oxygen atoms in total. The lowest BCUT2D eigenvalue weighted by molar-refractivity contribution is -0.119. The molecule has 0 aliphatic heterocycles. The summed E-state index contributed by atoms with van der Waals surface area (Å²) in [6.07, 6.45) is 0. The van der Waals surface area contributed by atoms with Crippen molar-refractivity contribution < 1.29 is 23.1 Å². The molecule has 0 saturated heterocycles. The summed E-state index contributed by atoms with van der Waals surface area (Å²) < 4.78 is 31.9. The van der Waals surface area contributed by atoms with Gasteiger partial charge in [0.2, 0.25) is 0 Å². The molecule has 0 aliphatic carbocycles. The number of amides is 2. The summed E-state index contributed by atoms with van der Waals surface area (Å²) in [7, 11) is 0. The number of carbonyl (C=O) groups is 2. The Labute approximate surface area is 137 Å². The van der Waals surface area contributed by atoms with E-state index < -0.39 is 29.5 Å². The molecule has 24 heavy (non-hydrogen) atoms. The van der Waals surface area contributed by atoms with Crippen molar-refractivity contribution in [3.63, 3.8) is 0 Å². The summed E-state index contributed by atoms with van der Waals surface area (Å²) in [5.41, 5.74) is 5.34. The van der Waals surface area contributed by atoms with Gasteiger partial charge in [0.15, 0.2) is 6.61 Å². The van der Waals surface area contributed by atoms with Crippen LogP contribution in [0.4, 0.5) is 8.78 Å². The van der Waals surface area contributed by atoms with E-state index in [1.807, 2.05) is 0 Å². The summed E-state index contributed by atoms with van der Waals surface area (Å²) in [5.74, 6) is -2.46. The molecule has 0 spiro atoms. The molecule has 0 fully saturated rings. The topological polar surface area (TPSA) is 81.4 Å². The number of para-hydroxylation sites is 1. The van der Waals surface area contributed by atoms with Gasteiger partial charge in [-0.15, -0.1) is 0 Å². The minimum atomic E-state index is -0.749. The predicted molar refractivity (Wildman–Crippen MR) is 83.4 cm³/mol. The minimum absolute atomic E-state index is 0.153. The van der Waals surface area contributed by atoms with Crippen molar-refractivity contribution in [3.8, 4) is 5.75 Å². The number of rotatable bonds is 6. The van der Waals surface area contributed by atoms with Crippen LogP contribution in [0.25, 0.3) is 0 Å². The average Bonchev–Trinajstić information content (AvgIpc) is 2.52. The fraction of sp³-hybridized carbons (Fsp3) is 0.176. The van der Waals surface area contributed by atoms with Crippen LogP contribution in [0, 0.1) is 11.6 Å². The van der Waals surface area contributed by atoms with E-state index in [2.05, 4.69) is 5.32 Å². The highest BCUT2D eigenvalue weighted by atomic mass is 19.1. The van der Waals surface area contributed by atoms with Crippen molar-refractivity contribution in [2.45, 2.75) is 13.0 Å². The number of nitrogens with two attached hydrogens (primary N) is 1. The third-order valence-electron chi connectivity index (χ3n) is 3.28. The highest BCUT2D eigenvalue weighted by Crippen LogP contribution is 2.21. The smallest absolute Gasteiger partial charge is 0.255 e. The molecule has 0 bridgehead atoms. The van der Waals surface area contributed by atoms with Gasteiger partial charge in [0, 0.05) is 11.6 Å². The van der Waals surface area contributed by atoms with Crippen molar-refractivity contribution in [3.05, 3.63) is 65.2 Å². The zero-order valence-corrected chi connectivity index (χ0v) is 12.9. The highest BCUT2D eigenvalue weighted by molar-refractivity contribution is 5.97. The Balaban J connectivity index is 2.16. The molecule has 0 heterocycles. The Kier molecular flexibility index (Phi) is 5.47. The molecule has 2 aromatic rings. The lowest BCUT2D eigenvalue weighted by atomic mass is 10.1. The van der Waals surface area contributed by atoms with Crippen LogP contribution >= 0.6 is 0 Å². The number of carbonyl (C=O) groups excluding carboxylic acids is 2. The Morgan fingerprint density at radius 3 is 2.58 bits per heavy atom. The van der Waals surface area contributed by atoms with Crippen molar-refractivity contribution >= 4 is 11.8 Å². The van der Waals surface area contributed by atoms with E-state index in [1.54, 1.807) is 19.1 Å². The summed E-state index contributed by atoms with van der Waals surface area (Å²) in [6, 6.07) is 8.71. The summed E-state index contributed by atoms with van der Waals surface area (Å²) in [6.45, 7) is 1.20. The van der Waals surface area contributed by atoms with Gasteiger partial charge in [-0.05, 0) is 25.1 Å². The number of hydrogen-bond acceptors (Lipinski definition) is 3. The number of ether oxygens (including phenoxy) is 1. The quantitative estimate of drug-likeness (QED) is 0.851. The van der Waals surface area contributed by atoms with Gasteiger partial charge >= 0.3 is 0 Å². The molecule has 3 N–H and O–H groups in total. The monoisotopic (exact) mass is 334 g/mol. The molecule has 0 saturated carbocycles. The van der Waals surface area contributed by atoms with Crippen LogP contribution in [-0.4, -0.2) is 18.4 Å². The van der Waals surface area contributed by atoms with Crippen molar-refractivity contribution in [1.82, 2.24) is 5.32 Å². The van der Waals surface area contributed by atoms with E-state index in [4.69, 9.17) is 10.5 Å². The second kappa shape index (κ2) is 7.54. The van der Waals surface area contributed by atoms with E-state index in [0.717, 1.165) is 12.1 Å². The van der Waals surface area contributed by atoms with Gasteiger partial charge in [0.05, 0.1) is 11.6 Å². The molecule has 1 atom stereocenters. The fourth-order valence-electron chi connectivity index (χ4n) is 2.13. The average molecular weight is 334 g/mol. The Morgan fingerprint density at radius 2 is 1.92 bits per heavy atom. The van der Waals surface area contributed by atoms with Crippen molar-refractivity contribution in [2.75, 3.05) is 6.61 Å². The van der Waals surface area contributed by atoms with E-state index in [1.165, 1.54) is 18.2 Å². The van der Waals surface area contributed by atoms with Gasteiger partial charge in [0.25, 0.3) is 11.8 Å². The second-order valence-electron chi connectivity index (χ2n) is 5.11. The van der Waals surface area contributed by atoms with Gasteiger partial charge in [-0.1, -0.05) is 18.2 Å². The van der Waals surface area contributed by atoms with Crippen LogP contribution in [0.15, 0.2) is 42.5 Å². The van der Waals surface area contributed by atoms with Crippen molar-refractivity contribution in [1.29, 1.82) is 0 Å². The number of benzene rings is 2. The Hall–Kier alpha value is -2.96. The van der Waals surface area contributed by atoms with Gasteiger partial charge in [-0.3, -0.25) is 9.59 Å². The van der Waals surface area contributed by atoms with E-state index in [0.29, 0.717) is 0 Å². The van der Waals surface area contributed by atoms with Crippen molar-refractivity contribution in [2.24, 2.45) is 5.73 Å². The Morgan fingerprint density at radius 1 is 1.21 bits per heavy atom. The minimum Gasteiger partial charge on any atom is -0.483 e. The molecule has 1 unspecified atom stereocenters. The van der Waals surface area contributed by atoms with E-state index in [-0.39, 0.29) is 23.5 Å². The number of halogens is 2. The van der Waals surface area contributed by atoms with E-state index >= 15 is 0 Å². The van der Waals surface area contributed by atoms with Crippen LogP contribution in [0.1, 0.15) is 28.9 Å². The number of nitrogens with one attached hydrogen (secondary N) is 1. The van der Waals surface area contributed by atoms with Crippen LogP contribution in [0.5, 0.6) is 5.75 Å². The zero-order valence-electron chi connectivity index (χ0n) is 12.9. The third-order valence-corrected chi connectivity index (χ3v) is 3.28. The number of hydrogen-bond donors (Lipinski definition) is 2. The normalized spacial score (nSPS) is 11.6. The molecular weight excluding hydrogens is 318 g/mol. The standard InChI is InChI=1S/C17H16F2N2O3/c1-10(12-7-6-11(18)8-14(12)19)21-17(23)13-4-2-3-5-15(13)24-9-16(20)22/h2-8,10H,9H2,1H3,(H2,20,22)(H,21,23). The molecule has 2 amide bonds. The molecule has 0 aliphatic rings. The van der Waals surface area contributed by atoms with Crippen LogP contribution < -0.4 is 15.8 Å². The van der Waals surface area contributed by atoms with Crippen LogP contribution in [-0.2, 0) is 4.79 Å².